The number of hydrogen-bond donors (Lipinski definition) is 3. The third-order valence-corrected chi connectivity index (χ3v) is 15.2. The molecule has 4 fully saturated rings. The monoisotopic (exact) mass is 910 g/mol. The van der Waals surface area contributed by atoms with Crippen LogP contribution in [0.3, 0.4) is 0 Å². The van der Waals surface area contributed by atoms with Crippen LogP contribution < -0.4 is 24.4 Å². The number of nitrogens with one attached hydrogen (secondary N) is 3. The van der Waals surface area contributed by atoms with E-state index in [-0.39, 0.29) is 51.1 Å². The number of carbonyl (C=O) groups is 1. The summed E-state index contributed by atoms with van der Waals surface area (Å²) in [6.45, 7) is 9.77. The smallest absolute Gasteiger partial charge is 0.312 e. The van der Waals surface area contributed by atoms with Crippen LogP contribution in [0, 0.1) is 27.3 Å². The molecule has 9 rings (SSSR count). The van der Waals surface area contributed by atoms with Crippen LogP contribution in [0.4, 0.5) is 21.6 Å². The van der Waals surface area contributed by atoms with Crippen LogP contribution in [0.1, 0.15) is 92.1 Å². The molecule has 3 N–H and O–H groups in total. The van der Waals surface area contributed by atoms with E-state index in [1.54, 1.807) is 12.1 Å². The third kappa shape index (κ3) is 9.07. The quantitative estimate of drug-likeness (QED) is 0.0715. The summed E-state index contributed by atoms with van der Waals surface area (Å²) in [7, 11) is -3.32. The van der Waals surface area contributed by atoms with Gasteiger partial charge in [0, 0.05) is 82.1 Å². The number of nitro groups is 1. The molecule has 5 aromatic rings. The maximum Gasteiger partial charge on any atom is 0.312 e. The fraction of sp³-hybridized carbons (Fsp3) is 0.468. The van der Waals surface area contributed by atoms with Crippen molar-refractivity contribution in [3.63, 3.8) is 0 Å². The Morgan fingerprint density at radius 2 is 1.83 bits per heavy atom. The molecule has 1 spiro atoms. The van der Waals surface area contributed by atoms with Gasteiger partial charge in [-0.15, -0.1) is 0 Å². The lowest BCUT2D eigenvalue weighted by Crippen LogP contribution is -2.63. The number of rotatable bonds is 14. The predicted molar refractivity (Wildman–Crippen MR) is 243 cm³/mol. The lowest BCUT2D eigenvalue weighted by atomic mass is 9.70. The maximum absolute atomic E-state index is 14.8. The molecule has 3 saturated heterocycles. The van der Waals surface area contributed by atoms with Crippen LogP contribution in [0.2, 0.25) is 0 Å². The molecule has 65 heavy (non-hydrogen) atoms. The van der Waals surface area contributed by atoms with Crippen molar-refractivity contribution >= 4 is 44.2 Å². The van der Waals surface area contributed by atoms with E-state index in [9.17, 15) is 27.7 Å². The summed E-state index contributed by atoms with van der Waals surface area (Å²) in [6.07, 6.45) is 9.30. The van der Waals surface area contributed by atoms with Crippen molar-refractivity contribution in [2.24, 2.45) is 11.3 Å². The average molecular weight is 911 g/mol. The molecule has 3 aliphatic heterocycles. The minimum Gasteiger partial charge on any atom is -0.478 e. The largest absolute Gasteiger partial charge is 0.478 e. The molecule has 16 nitrogen and oxygen atoms in total. The van der Waals surface area contributed by atoms with Crippen molar-refractivity contribution < 1.29 is 36.7 Å². The molecule has 1 amide bonds. The van der Waals surface area contributed by atoms with Crippen LogP contribution in [0.15, 0.2) is 71.9 Å². The highest BCUT2D eigenvalue weighted by Gasteiger charge is 2.49. The number of piperidine rings is 1. The number of hydrogen-bond acceptors (Lipinski definition) is 13. The molecule has 0 radical (unpaired) electrons. The molecule has 6 heterocycles. The highest BCUT2D eigenvalue weighted by Crippen LogP contribution is 2.49. The average Bonchev–Trinajstić information content (AvgIpc) is 3.93. The molecule has 3 aromatic heterocycles. The Morgan fingerprint density at radius 1 is 1.06 bits per heavy atom. The number of halogens is 1. The second-order valence-corrected chi connectivity index (χ2v) is 19.9. The van der Waals surface area contributed by atoms with Gasteiger partial charge in [0.2, 0.25) is 5.82 Å². The summed E-state index contributed by atoms with van der Waals surface area (Å²) in [4.78, 5) is 40.9. The Hall–Kier alpha value is -5.85. The molecule has 2 atom stereocenters. The van der Waals surface area contributed by atoms with Crippen LogP contribution in [0.5, 0.6) is 17.4 Å². The Labute approximate surface area is 377 Å². The molecule has 0 unspecified atom stereocenters. The van der Waals surface area contributed by atoms with Gasteiger partial charge in [-0.3, -0.25) is 19.8 Å². The second-order valence-electron chi connectivity index (χ2n) is 18.3. The normalized spacial score (nSPS) is 20.2. The molecular weight excluding hydrogens is 856 g/mol. The van der Waals surface area contributed by atoms with Gasteiger partial charge in [-0.1, -0.05) is 44.5 Å². The number of methoxy groups -OCH3 is 1. The molecule has 0 bridgehead atoms. The first-order chi connectivity index (χ1) is 31.3. The van der Waals surface area contributed by atoms with Crippen LogP contribution in [-0.4, -0.2) is 98.2 Å². The van der Waals surface area contributed by atoms with Crippen LogP contribution in [0.25, 0.3) is 11.0 Å². The van der Waals surface area contributed by atoms with Crippen molar-refractivity contribution in [2.45, 2.75) is 81.6 Å². The fourth-order valence-electron chi connectivity index (χ4n) is 10.3. The lowest BCUT2D eigenvalue weighted by molar-refractivity contribution is -0.384. The first-order valence-corrected chi connectivity index (χ1v) is 23.9. The number of H-pyrrole nitrogens is 1. The van der Waals surface area contributed by atoms with Crippen molar-refractivity contribution in [3.05, 3.63) is 99.6 Å². The number of amides is 1. The van der Waals surface area contributed by atoms with Crippen LogP contribution >= 0.6 is 0 Å². The number of ether oxygens (including phenoxy) is 3. The van der Waals surface area contributed by atoms with Gasteiger partial charge in [-0.2, -0.15) is 4.98 Å². The van der Waals surface area contributed by atoms with Crippen molar-refractivity contribution in [1.82, 2.24) is 24.6 Å². The molecular formula is C47H55FN8O8S. The van der Waals surface area contributed by atoms with E-state index in [2.05, 4.69) is 68.2 Å². The number of nitrogens with zero attached hydrogens (tertiary/aromatic N) is 5. The predicted octanol–water partition coefficient (Wildman–Crippen LogP) is 8.13. The Morgan fingerprint density at radius 3 is 2.57 bits per heavy atom. The standard InChI is InChI=1S/C47H55FN8O8S/c1-29(2)33-7-4-5-8-34(33)35-9-6-10-39(35)55-27-47(28-55)15-17-54(18-16-47)31-11-12-36(41(21-31)64-42-23-37-38(48)26-51-43(37)52-46(42)62-3)45(57)53-65(60,61)32-22-40(56(58)59)44(50-25-32)49-24-30-13-19-63-20-14-30/h4-5,7-8,11-12,21-23,25-26,29-30,35,39H,6,9-10,13-20,24,27-28H2,1-3H3,(H,49,50)(H,51,52)(H,53,57)/t35-,39-/m0/s1. The van der Waals surface area contributed by atoms with Gasteiger partial charge >= 0.3 is 5.69 Å². The Bertz CT molecular complexity index is 2690. The summed E-state index contributed by atoms with van der Waals surface area (Å²) >= 11 is 0. The van der Waals surface area contributed by atoms with Gasteiger partial charge in [0.1, 0.15) is 22.1 Å². The number of aromatic nitrogens is 3. The van der Waals surface area contributed by atoms with Gasteiger partial charge in [0.15, 0.2) is 5.75 Å². The zero-order valence-electron chi connectivity index (χ0n) is 36.8. The third-order valence-electron chi connectivity index (χ3n) is 13.9. The molecule has 344 valence electrons. The van der Waals surface area contributed by atoms with Crippen molar-refractivity contribution in [2.75, 3.05) is 63.3 Å². The molecule has 2 aromatic carbocycles. The first kappa shape index (κ1) is 44.4. The highest BCUT2D eigenvalue weighted by atomic mass is 32.2. The van der Waals surface area contributed by atoms with Gasteiger partial charge < -0.3 is 29.4 Å². The zero-order chi connectivity index (χ0) is 45.5. The summed E-state index contributed by atoms with van der Waals surface area (Å²) < 4.78 is 61.5. The number of benzene rings is 2. The van der Waals surface area contributed by atoms with E-state index >= 15 is 0 Å². The Balaban J connectivity index is 0.935. The van der Waals surface area contributed by atoms with E-state index in [0.717, 1.165) is 76.0 Å². The summed E-state index contributed by atoms with van der Waals surface area (Å²) in [6, 6.07) is 16.6. The minimum atomic E-state index is -4.69. The SMILES string of the molecule is COc1nc2[nH]cc(F)c2cc1Oc1cc(N2CCC3(CC2)CN([C@H]2CCC[C@H]2c2ccccc2C(C)C)C3)ccc1C(=O)NS(=O)(=O)c1cnc(NCC2CCOCC2)c([N+](=O)[O-])c1. The minimum absolute atomic E-state index is 0.000663. The summed E-state index contributed by atoms with van der Waals surface area (Å²) in [5.74, 6) is -0.534. The van der Waals surface area contributed by atoms with Gasteiger partial charge in [-0.25, -0.2) is 22.5 Å². The molecule has 1 aliphatic carbocycles. The van der Waals surface area contributed by atoms with E-state index in [1.165, 1.54) is 49.6 Å². The summed E-state index contributed by atoms with van der Waals surface area (Å²) in [5.41, 5.74) is 3.42. The zero-order valence-corrected chi connectivity index (χ0v) is 37.7. The number of fused-ring (bicyclic) bond motifs is 1. The van der Waals surface area contributed by atoms with E-state index in [1.807, 2.05) is 4.72 Å². The van der Waals surface area contributed by atoms with E-state index in [0.29, 0.717) is 37.6 Å². The summed E-state index contributed by atoms with van der Waals surface area (Å²) in [5, 5.41) is 15.2. The number of anilines is 2. The van der Waals surface area contributed by atoms with Gasteiger partial charge in [0.25, 0.3) is 21.8 Å². The molecule has 4 aliphatic rings. The number of carbonyl (C=O) groups excluding carboxylic acids is 1. The number of pyridine rings is 2. The van der Waals surface area contributed by atoms with E-state index < -0.39 is 37.3 Å². The number of likely N-dealkylation sites (tertiary alicyclic amines) is 1. The Kier molecular flexibility index (Phi) is 12.4. The van der Waals surface area contributed by atoms with Gasteiger partial charge in [0.05, 0.1) is 29.2 Å². The number of sulfonamides is 1. The van der Waals surface area contributed by atoms with Crippen molar-refractivity contribution in [3.8, 4) is 17.4 Å². The van der Waals surface area contributed by atoms with Gasteiger partial charge in [-0.05, 0) is 85.0 Å². The maximum atomic E-state index is 14.8. The van der Waals surface area contributed by atoms with Crippen LogP contribution in [-0.2, 0) is 14.8 Å². The second kappa shape index (κ2) is 18.2. The topological polar surface area (TPSA) is 194 Å². The molecule has 1 saturated carbocycles. The van der Waals surface area contributed by atoms with Crippen molar-refractivity contribution in [1.29, 1.82) is 0 Å². The highest BCUT2D eigenvalue weighted by molar-refractivity contribution is 7.90. The number of aromatic amines is 1. The first-order valence-electron chi connectivity index (χ1n) is 22.5. The fourth-order valence-corrected chi connectivity index (χ4v) is 11.2. The lowest BCUT2D eigenvalue weighted by Gasteiger charge is -2.57. The van der Waals surface area contributed by atoms with E-state index in [4.69, 9.17) is 14.2 Å². The molecule has 18 heteroatoms.